The summed E-state index contributed by atoms with van der Waals surface area (Å²) in [5, 5.41) is 9.50. The van der Waals surface area contributed by atoms with Gasteiger partial charge in [0.1, 0.15) is 0 Å². The van der Waals surface area contributed by atoms with Gasteiger partial charge in [-0.1, -0.05) is 18.9 Å². The quantitative estimate of drug-likeness (QED) is 0.714. The third-order valence-electron chi connectivity index (χ3n) is 6.95. The van der Waals surface area contributed by atoms with Crippen molar-refractivity contribution in [1.29, 1.82) is 0 Å². The molecule has 3 rings (SSSR count). The molecule has 2 aliphatic carbocycles. The SMILES string of the molecule is C=CC1CCC(C2CCC(CCC3CCC(O)CO3)CC2)CC1. The van der Waals surface area contributed by atoms with Crippen LogP contribution in [0.4, 0.5) is 0 Å². The van der Waals surface area contributed by atoms with Gasteiger partial charge in [-0.25, -0.2) is 0 Å². The van der Waals surface area contributed by atoms with Gasteiger partial charge in [0.2, 0.25) is 0 Å². The first-order valence-corrected chi connectivity index (χ1v) is 10.2. The summed E-state index contributed by atoms with van der Waals surface area (Å²) in [4.78, 5) is 0. The second-order valence-corrected chi connectivity index (χ2v) is 8.46. The summed E-state index contributed by atoms with van der Waals surface area (Å²) in [5.74, 6) is 3.76. The molecule has 23 heavy (non-hydrogen) atoms. The van der Waals surface area contributed by atoms with Crippen molar-refractivity contribution < 1.29 is 9.84 Å². The summed E-state index contributed by atoms with van der Waals surface area (Å²) in [6.45, 7) is 4.53. The maximum atomic E-state index is 9.50. The molecule has 0 aromatic heterocycles. The monoisotopic (exact) mass is 320 g/mol. The third kappa shape index (κ3) is 5.06. The molecule has 0 aromatic carbocycles. The van der Waals surface area contributed by atoms with E-state index in [2.05, 4.69) is 12.7 Å². The van der Waals surface area contributed by atoms with Gasteiger partial charge >= 0.3 is 0 Å². The van der Waals surface area contributed by atoms with Gasteiger partial charge in [0.25, 0.3) is 0 Å². The summed E-state index contributed by atoms with van der Waals surface area (Å²) in [6, 6.07) is 0. The van der Waals surface area contributed by atoms with Crippen molar-refractivity contribution in [2.45, 2.75) is 89.3 Å². The summed E-state index contributed by atoms with van der Waals surface area (Å²) in [5.41, 5.74) is 0. The Morgan fingerprint density at radius 2 is 1.48 bits per heavy atom. The average Bonchev–Trinajstić information content (AvgIpc) is 2.62. The second-order valence-electron chi connectivity index (χ2n) is 8.46. The second kappa shape index (κ2) is 8.67. The fourth-order valence-electron chi connectivity index (χ4n) is 5.24. The molecular weight excluding hydrogens is 284 g/mol. The van der Waals surface area contributed by atoms with Crippen LogP contribution in [0.1, 0.15) is 77.0 Å². The Morgan fingerprint density at radius 3 is 2.04 bits per heavy atom. The van der Waals surface area contributed by atoms with E-state index < -0.39 is 0 Å². The molecule has 2 nitrogen and oxygen atoms in total. The van der Waals surface area contributed by atoms with Crippen LogP contribution in [0.25, 0.3) is 0 Å². The molecule has 1 heterocycles. The van der Waals surface area contributed by atoms with E-state index in [0.717, 1.165) is 36.5 Å². The topological polar surface area (TPSA) is 29.5 Å². The van der Waals surface area contributed by atoms with Crippen molar-refractivity contribution >= 4 is 0 Å². The van der Waals surface area contributed by atoms with Gasteiger partial charge in [0, 0.05) is 0 Å². The third-order valence-corrected chi connectivity index (χ3v) is 6.95. The van der Waals surface area contributed by atoms with E-state index in [9.17, 15) is 5.11 Å². The lowest BCUT2D eigenvalue weighted by atomic mass is 9.68. The van der Waals surface area contributed by atoms with Gasteiger partial charge in [0.05, 0.1) is 18.8 Å². The fourth-order valence-corrected chi connectivity index (χ4v) is 5.24. The Bertz CT molecular complexity index is 343. The highest BCUT2D eigenvalue weighted by atomic mass is 16.5. The lowest BCUT2D eigenvalue weighted by molar-refractivity contribution is -0.0603. The summed E-state index contributed by atoms with van der Waals surface area (Å²) < 4.78 is 5.76. The number of aliphatic hydroxyl groups is 1. The van der Waals surface area contributed by atoms with Crippen LogP contribution in [0.3, 0.4) is 0 Å². The number of aliphatic hydroxyl groups excluding tert-OH is 1. The van der Waals surface area contributed by atoms with Gasteiger partial charge in [-0.2, -0.15) is 0 Å². The van der Waals surface area contributed by atoms with E-state index in [1.807, 2.05) is 0 Å². The lowest BCUT2D eigenvalue weighted by Crippen LogP contribution is -2.30. The van der Waals surface area contributed by atoms with Gasteiger partial charge in [-0.15, -0.1) is 6.58 Å². The first-order chi connectivity index (χ1) is 11.2. The van der Waals surface area contributed by atoms with Crippen LogP contribution < -0.4 is 0 Å². The van der Waals surface area contributed by atoms with E-state index in [-0.39, 0.29) is 6.10 Å². The lowest BCUT2D eigenvalue weighted by Gasteiger charge is -2.37. The molecule has 1 aliphatic heterocycles. The highest BCUT2D eigenvalue weighted by Crippen LogP contribution is 2.42. The summed E-state index contributed by atoms with van der Waals surface area (Å²) in [6.07, 6.45) is 18.4. The minimum absolute atomic E-state index is 0.210. The smallest absolute Gasteiger partial charge is 0.0774 e. The minimum Gasteiger partial charge on any atom is -0.391 e. The Balaban J connectivity index is 1.32. The highest BCUT2D eigenvalue weighted by molar-refractivity contribution is 4.87. The molecule has 3 aliphatic rings. The van der Waals surface area contributed by atoms with Gasteiger partial charge in [-0.3, -0.25) is 0 Å². The molecule has 2 atom stereocenters. The number of rotatable bonds is 5. The first kappa shape index (κ1) is 17.5. The first-order valence-electron chi connectivity index (χ1n) is 10.2. The van der Waals surface area contributed by atoms with Crippen LogP contribution in [0.15, 0.2) is 12.7 Å². The van der Waals surface area contributed by atoms with Crippen molar-refractivity contribution in [3.8, 4) is 0 Å². The molecule has 2 unspecified atom stereocenters. The van der Waals surface area contributed by atoms with Gasteiger partial charge < -0.3 is 9.84 Å². The zero-order valence-electron chi connectivity index (χ0n) is 14.8. The average molecular weight is 321 g/mol. The zero-order valence-corrected chi connectivity index (χ0v) is 14.8. The fraction of sp³-hybridized carbons (Fsp3) is 0.905. The van der Waals surface area contributed by atoms with Crippen LogP contribution in [-0.2, 0) is 4.74 Å². The predicted molar refractivity (Wildman–Crippen MR) is 95.3 cm³/mol. The van der Waals surface area contributed by atoms with Crippen LogP contribution >= 0.6 is 0 Å². The maximum absolute atomic E-state index is 9.50. The Hall–Kier alpha value is -0.340. The molecular formula is C21H36O2. The molecule has 0 bridgehead atoms. The van der Waals surface area contributed by atoms with Crippen LogP contribution in [0, 0.1) is 23.7 Å². The maximum Gasteiger partial charge on any atom is 0.0774 e. The van der Waals surface area contributed by atoms with E-state index >= 15 is 0 Å². The van der Waals surface area contributed by atoms with Crippen LogP contribution in [-0.4, -0.2) is 23.9 Å². The Labute approximate surface area is 142 Å². The molecule has 2 saturated carbocycles. The standard InChI is InChI=1S/C21H36O2/c1-2-16-3-8-18(9-4-16)19-10-5-17(6-11-19)7-13-21-14-12-20(22)15-23-21/h2,16-22H,1,3-15H2. The van der Waals surface area contributed by atoms with Crippen molar-refractivity contribution in [1.82, 2.24) is 0 Å². The van der Waals surface area contributed by atoms with Crippen LogP contribution in [0.5, 0.6) is 0 Å². The predicted octanol–water partition coefficient (Wildman–Crippen LogP) is 5.11. The normalized spacial score (nSPS) is 42.3. The van der Waals surface area contributed by atoms with Crippen molar-refractivity contribution in [2.75, 3.05) is 6.61 Å². The molecule has 0 amide bonds. The summed E-state index contributed by atoms with van der Waals surface area (Å²) in [7, 11) is 0. The highest BCUT2D eigenvalue weighted by Gasteiger charge is 2.30. The van der Waals surface area contributed by atoms with Crippen molar-refractivity contribution in [2.24, 2.45) is 23.7 Å². The van der Waals surface area contributed by atoms with Crippen LogP contribution in [0.2, 0.25) is 0 Å². The molecule has 1 saturated heterocycles. The van der Waals surface area contributed by atoms with Crippen molar-refractivity contribution in [3.05, 3.63) is 12.7 Å². The largest absolute Gasteiger partial charge is 0.391 e. The molecule has 1 N–H and O–H groups in total. The van der Waals surface area contributed by atoms with E-state index in [1.54, 1.807) is 0 Å². The van der Waals surface area contributed by atoms with Gasteiger partial charge in [0.15, 0.2) is 0 Å². The molecule has 3 fully saturated rings. The number of hydrogen-bond acceptors (Lipinski definition) is 2. The molecule has 2 heteroatoms. The summed E-state index contributed by atoms with van der Waals surface area (Å²) >= 11 is 0. The van der Waals surface area contributed by atoms with Crippen molar-refractivity contribution in [3.63, 3.8) is 0 Å². The molecule has 0 radical (unpaired) electrons. The van der Waals surface area contributed by atoms with Gasteiger partial charge in [-0.05, 0) is 87.9 Å². The molecule has 0 aromatic rings. The number of hydrogen-bond donors (Lipinski definition) is 1. The molecule has 132 valence electrons. The van der Waals surface area contributed by atoms with E-state index in [1.165, 1.54) is 64.2 Å². The number of allylic oxidation sites excluding steroid dienone is 1. The zero-order chi connectivity index (χ0) is 16.1. The Morgan fingerprint density at radius 1 is 0.826 bits per heavy atom. The minimum atomic E-state index is -0.210. The molecule has 0 spiro atoms. The van der Waals surface area contributed by atoms with E-state index in [0.29, 0.717) is 12.7 Å². The number of ether oxygens (including phenoxy) is 1. The Kier molecular flexibility index (Phi) is 6.59. The van der Waals surface area contributed by atoms with E-state index in [4.69, 9.17) is 4.74 Å².